The Morgan fingerprint density at radius 1 is 1.00 bits per heavy atom. The van der Waals surface area contributed by atoms with Gasteiger partial charge in [0, 0.05) is 31.2 Å². The van der Waals surface area contributed by atoms with Crippen LogP contribution in [0.3, 0.4) is 0 Å². The van der Waals surface area contributed by atoms with Crippen LogP contribution in [0.4, 0.5) is 0 Å². The lowest BCUT2D eigenvalue weighted by atomic mass is 10.1. The second kappa shape index (κ2) is 6.19. The fourth-order valence-corrected chi connectivity index (χ4v) is 3.12. The van der Waals surface area contributed by atoms with Crippen molar-refractivity contribution in [3.05, 3.63) is 65.5 Å². The van der Waals surface area contributed by atoms with Crippen LogP contribution in [0, 0.1) is 0 Å². The molecule has 0 amide bonds. The minimum absolute atomic E-state index is 0.108. The second-order valence-electron chi connectivity index (χ2n) is 6.34. The van der Waals surface area contributed by atoms with E-state index in [4.69, 9.17) is 9.72 Å². The molecule has 0 spiro atoms. The number of hydrogen-bond acceptors (Lipinski definition) is 3. The van der Waals surface area contributed by atoms with Crippen LogP contribution < -0.4 is 0 Å². The van der Waals surface area contributed by atoms with Crippen LogP contribution in [0.2, 0.25) is 0 Å². The number of hydrogen-bond donors (Lipinski definition) is 0. The number of rotatable bonds is 4. The summed E-state index contributed by atoms with van der Waals surface area (Å²) in [7, 11) is 0. The van der Waals surface area contributed by atoms with Gasteiger partial charge in [-0.15, -0.1) is 0 Å². The van der Waals surface area contributed by atoms with Crippen molar-refractivity contribution >= 4 is 0 Å². The third-order valence-electron chi connectivity index (χ3n) is 4.52. The molecule has 1 aliphatic carbocycles. The lowest BCUT2D eigenvalue weighted by Gasteiger charge is -2.32. The normalized spacial score (nSPS) is 22.6. The van der Waals surface area contributed by atoms with Gasteiger partial charge in [0.1, 0.15) is 6.10 Å². The molecule has 114 valence electrons. The average molecular weight is 294 g/mol. The lowest BCUT2D eigenvalue weighted by Crippen LogP contribution is -2.38. The van der Waals surface area contributed by atoms with Crippen LogP contribution >= 0.6 is 0 Å². The topological polar surface area (TPSA) is 25.4 Å². The third-order valence-corrected chi connectivity index (χ3v) is 4.52. The minimum Gasteiger partial charge on any atom is -0.369 e. The predicted octanol–water partition coefficient (Wildman–Crippen LogP) is 3.53. The molecular weight excluding hydrogens is 272 g/mol. The molecule has 1 aromatic carbocycles. The molecule has 1 aromatic heterocycles. The standard InChI is InChI=1S/C19H22N2O/c1-2-5-15(6-3-1)13-21-11-12-22-19(14-21)18-8-4-7-17(20-18)16-9-10-16/h1-8,16,19H,9-14H2. The smallest absolute Gasteiger partial charge is 0.112 e. The molecule has 3 heteroatoms. The summed E-state index contributed by atoms with van der Waals surface area (Å²) in [6.45, 7) is 3.69. The van der Waals surface area contributed by atoms with Crippen molar-refractivity contribution in [2.24, 2.45) is 0 Å². The fraction of sp³-hybridized carbons (Fsp3) is 0.421. The molecule has 22 heavy (non-hydrogen) atoms. The summed E-state index contributed by atoms with van der Waals surface area (Å²) in [4.78, 5) is 7.32. The molecule has 1 atom stereocenters. The third kappa shape index (κ3) is 3.21. The van der Waals surface area contributed by atoms with Crippen molar-refractivity contribution in [2.45, 2.75) is 31.4 Å². The Balaban J connectivity index is 1.45. The van der Waals surface area contributed by atoms with Crippen molar-refractivity contribution in [3.8, 4) is 0 Å². The Morgan fingerprint density at radius 3 is 2.64 bits per heavy atom. The highest BCUT2D eigenvalue weighted by molar-refractivity contribution is 5.20. The Kier molecular flexibility index (Phi) is 3.92. The number of nitrogens with zero attached hydrogens (tertiary/aromatic N) is 2. The first-order chi connectivity index (χ1) is 10.9. The van der Waals surface area contributed by atoms with E-state index in [9.17, 15) is 0 Å². The van der Waals surface area contributed by atoms with Crippen molar-refractivity contribution in [3.63, 3.8) is 0 Å². The maximum absolute atomic E-state index is 5.98. The van der Waals surface area contributed by atoms with Crippen LogP contribution in [-0.4, -0.2) is 29.6 Å². The molecule has 3 nitrogen and oxygen atoms in total. The van der Waals surface area contributed by atoms with E-state index in [0.717, 1.165) is 31.9 Å². The summed E-state index contributed by atoms with van der Waals surface area (Å²) >= 11 is 0. The summed E-state index contributed by atoms with van der Waals surface area (Å²) in [5.74, 6) is 0.698. The molecule has 2 heterocycles. The first-order valence-corrected chi connectivity index (χ1v) is 8.23. The van der Waals surface area contributed by atoms with Gasteiger partial charge in [-0.05, 0) is 30.5 Å². The van der Waals surface area contributed by atoms with Gasteiger partial charge >= 0.3 is 0 Å². The number of benzene rings is 1. The Hall–Kier alpha value is -1.71. The molecule has 4 rings (SSSR count). The van der Waals surface area contributed by atoms with E-state index in [1.165, 1.54) is 24.1 Å². The molecular formula is C19H22N2O. The van der Waals surface area contributed by atoms with Crippen molar-refractivity contribution in [1.82, 2.24) is 9.88 Å². The van der Waals surface area contributed by atoms with Gasteiger partial charge in [0.05, 0.1) is 12.3 Å². The van der Waals surface area contributed by atoms with E-state index in [2.05, 4.69) is 53.4 Å². The summed E-state index contributed by atoms with van der Waals surface area (Å²) in [6, 6.07) is 17.1. The fourth-order valence-electron chi connectivity index (χ4n) is 3.12. The van der Waals surface area contributed by atoms with Crippen LogP contribution in [0.15, 0.2) is 48.5 Å². The zero-order valence-electron chi connectivity index (χ0n) is 12.8. The first-order valence-electron chi connectivity index (χ1n) is 8.23. The van der Waals surface area contributed by atoms with Crippen LogP contribution in [0.1, 0.15) is 41.8 Å². The van der Waals surface area contributed by atoms with Crippen LogP contribution in [-0.2, 0) is 11.3 Å². The largest absolute Gasteiger partial charge is 0.369 e. The molecule has 1 unspecified atom stereocenters. The number of morpholine rings is 1. The predicted molar refractivity (Wildman–Crippen MR) is 86.6 cm³/mol. The molecule has 0 N–H and O–H groups in total. The maximum Gasteiger partial charge on any atom is 0.112 e. The summed E-state index contributed by atoms with van der Waals surface area (Å²) in [5.41, 5.74) is 3.71. The Labute approximate surface area is 131 Å². The van der Waals surface area contributed by atoms with Crippen molar-refractivity contribution < 1.29 is 4.74 Å². The maximum atomic E-state index is 5.98. The molecule has 2 aromatic rings. The zero-order chi connectivity index (χ0) is 14.8. The highest BCUT2D eigenvalue weighted by atomic mass is 16.5. The van der Waals surface area contributed by atoms with Crippen LogP contribution in [0.25, 0.3) is 0 Å². The number of ether oxygens (including phenoxy) is 1. The summed E-state index contributed by atoms with van der Waals surface area (Å²) < 4.78 is 5.98. The SMILES string of the molecule is c1ccc(CN2CCOC(c3cccc(C4CC4)n3)C2)cc1. The first kappa shape index (κ1) is 13.9. The Bertz CT molecular complexity index is 624. The van der Waals surface area contributed by atoms with Gasteiger partial charge < -0.3 is 4.74 Å². The Morgan fingerprint density at radius 2 is 1.82 bits per heavy atom. The number of pyridine rings is 1. The van der Waals surface area contributed by atoms with Crippen molar-refractivity contribution in [1.29, 1.82) is 0 Å². The van der Waals surface area contributed by atoms with Crippen LogP contribution in [0.5, 0.6) is 0 Å². The highest BCUT2D eigenvalue weighted by Crippen LogP contribution is 2.39. The van der Waals surface area contributed by atoms with E-state index < -0.39 is 0 Å². The zero-order valence-corrected chi connectivity index (χ0v) is 12.8. The van der Waals surface area contributed by atoms with Gasteiger partial charge in [0.2, 0.25) is 0 Å². The van der Waals surface area contributed by atoms with E-state index in [0.29, 0.717) is 5.92 Å². The van der Waals surface area contributed by atoms with E-state index >= 15 is 0 Å². The molecule has 2 fully saturated rings. The molecule has 1 saturated heterocycles. The summed E-state index contributed by atoms with van der Waals surface area (Å²) in [6.07, 6.45) is 2.70. The quantitative estimate of drug-likeness (QED) is 0.862. The minimum atomic E-state index is 0.108. The number of aromatic nitrogens is 1. The van der Waals surface area contributed by atoms with Gasteiger partial charge in [-0.3, -0.25) is 9.88 Å². The highest BCUT2D eigenvalue weighted by Gasteiger charge is 2.27. The van der Waals surface area contributed by atoms with Gasteiger partial charge in [-0.1, -0.05) is 36.4 Å². The molecule has 1 aliphatic heterocycles. The molecule has 0 bridgehead atoms. The lowest BCUT2D eigenvalue weighted by molar-refractivity contribution is -0.0350. The van der Waals surface area contributed by atoms with Gasteiger partial charge in [-0.25, -0.2) is 0 Å². The van der Waals surface area contributed by atoms with Crippen molar-refractivity contribution in [2.75, 3.05) is 19.7 Å². The van der Waals surface area contributed by atoms with Gasteiger partial charge in [0.25, 0.3) is 0 Å². The van der Waals surface area contributed by atoms with E-state index in [-0.39, 0.29) is 6.10 Å². The van der Waals surface area contributed by atoms with Gasteiger partial charge in [0.15, 0.2) is 0 Å². The monoisotopic (exact) mass is 294 g/mol. The average Bonchev–Trinajstić information content (AvgIpc) is 3.41. The second-order valence-corrected chi connectivity index (χ2v) is 6.34. The molecule has 0 radical (unpaired) electrons. The van der Waals surface area contributed by atoms with E-state index in [1.54, 1.807) is 0 Å². The molecule has 1 saturated carbocycles. The van der Waals surface area contributed by atoms with E-state index in [1.807, 2.05) is 0 Å². The summed E-state index contributed by atoms with van der Waals surface area (Å²) in [5, 5.41) is 0. The molecule has 2 aliphatic rings. The van der Waals surface area contributed by atoms with Gasteiger partial charge in [-0.2, -0.15) is 0 Å².